The molecule has 2 aromatic heterocycles. The topological polar surface area (TPSA) is 93.6 Å². The van der Waals surface area contributed by atoms with E-state index < -0.39 is 6.29 Å². The van der Waals surface area contributed by atoms with Crippen LogP contribution in [0.4, 0.5) is 0 Å². The molecule has 7 nitrogen and oxygen atoms in total. The summed E-state index contributed by atoms with van der Waals surface area (Å²) in [7, 11) is 0. The number of ether oxygens (including phenoxy) is 2. The zero-order chi connectivity index (χ0) is 32.0. The van der Waals surface area contributed by atoms with Gasteiger partial charge in [0, 0.05) is 36.7 Å². The summed E-state index contributed by atoms with van der Waals surface area (Å²) in [5, 5.41) is 12.5. The Morgan fingerprint density at radius 2 is 1.70 bits per heavy atom. The Morgan fingerprint density at radius 1 is 0.872 bits per heavy atom. The molecule has 1 amide bonds. The molecule has 3 heterocycles. The average molecular weight is 660 g/mol. The molecule has 6 aromatic rings. The number of para-hydroxylation sites is 1. The van der Waals surface area contributed by atoms with Crippen molar-refractivity contribution in [1.82, 2.24) is 15.3 Å². The van der Waals surface area contributed by atoms with Crippen LogP contribution in [0.15, 0.2) is 126 Å². The number of pyridine rings is 1. The number of aliphatic hydroxyl groups is 1. The maximum Gasteiger partial charge on any atom is 0.253 e. The van der Waals surface area contributed by atoms with Crippen LogP contribution in [0.2, 0.25) is 0 Å². The number of benzene rings is 4. The lowest BCUT2D eigenvalue weighted by atomic mass is 9.99. The number of aromatic nitrogens is 2. The Hall–Kier alpha value is -4.38. The summed E-state index contributed by atoms with van der Waals surface area (Å²) in [5.74, 6) is 0.589. The van der Waals surface area contributed by atoms with Crippen LogP contribution in [-0.2, 0) is 22.6 Å². The fourth-order valence-corrected chi connectivity index (χ4v) is 7.72. The summed E-state index contributed by atoms with van der Waals surface area (Å²) < 4.78 is 15.5. The molecule has 4 aromatic carbocycles. The highest BCUT2D eigenvalue weighted by Gasteiger charge is 2.32. The van der Waals surface area contributed by atoms with Crippen molar-refractivity contribution in [1.29, 1.82) is 0 Å². The number of carbonyl (C=O) groups is 1. The molecule has 0 saturated carbocycles. The molecule has 1 aliphatic rings. The van der Waals surface area contributed by atoms with Crippen molar-refractivity contribution in [2.24, 2.45) is 0 Å². The van der Waals surface area contributed by atoms with Gasteiger partial charge in [-0.05, 0) is 64.2 Å². The minimum atomic E-state index is -0.561. The average Bonchev–Trinajstić information content (AvgIpc) is 3.57. The molecule has 47 heavy (non-hydrogen) atoms. The number of thiazole rings is 1. The van der Waals surface area contributed by atoms with Gasteiger partial charge in [-0.15, -0.1) is 11.3 Å². The number of aliphatic hydroxyl groups excluding tert-OH is 1. The first-order valence-corrected chi connectivity index (χ1v) is 17.3. The van der Waals surface area contributed by atoms with Gasteiger partial charge in [0.15, 0.2) is 10.6 Å². The van der Waals surface area contributed by atoms with Gasteiger partial charge >= 0.3 is 0 Å². The Kier molecular flexibility index (Phi) is 9.69. The summed E-state index contributed by atoms with van der Waals surface area (Å²) in [4.78, 5) is 21.4. The quantitative estimate of drug-likeness (QED) is 0.144. The minimum Gasteiger partial charge on any atom is -0.392 e. The van der Waals surface area contributed by atoms with Crippen molar-refractivity contribution < 1.29 is 19.4 Å². The number of thioether (sulfide) groups is 1. The Balaban J connectivity index is 1.09. The van der Waals surface area contributed by atoms with Crippen LogP contribution in [0.5, 0.6) is 0 Å². The molecular weight excluding hydrogens is 627 g/mol. The summed E-state index contributed by atoms with van der Waals surface area (Å²) in [5.41, 5.74) is 7.47. The lowest BCUT2D eigenvalue weighted by molar-refractivity contribution is -0.245. The Morgan fingerprint density at radius 3 is 2.51 bits per heavy atom. The summed E-state index contributed by atoms with van der Waals surface area (Å²) in [6.45, 7) is 0.407. The standard InChI is InChI=1S/C38H33N3O4S2/c42-23-25-13-15-27(16-14-25)34-20-32(24-46-38-41-33-11-1-2-12-35(33)47-38)44-37(45-34)30-9-4-8-29(19-30)28-7-3-6-26(18-28)21-40-36(43)31-10-5-17-39-22-31/h1-19,22,32,34,37,42H,20-21,23-24H2,(H,40,43)/t32-,34+,37+/m1/s1. The van der Waals surface area contributed by atoms with E-state index in [1.807, 2.05) is 66.7 Å². The van der Waals surface area contributed by atoms with E-state index in [9.17, 15) is 9.90 Å². The molecule has 1 fully saturated rings. The molecule has 3 atom stereocenters. The normalized spacial score (nSPS) is 17.9. The predicted molar refractivity (Wildman–Crippen MR) is 186 cm³/mol. The van der Waals surface area contributed by atoms with Gasteiger partial charge < -0.3 is 19.9 Å². The van der Waals surface area contributed by atoms with Crippen molar-refractivity contribution in [3.8, 4) is 11.1 Å². The van der Waals surface area contributed by atoms with Crippen molar-refractivity contribution >= 4 is 39.2 Å². The van der Waals surface area contributed by atoms with Gasteiger partial charge in [0.05, 0.1) is 34.6 Å². The maximum absolute atomic E-state index is 12.6. The summed E-state index contributed by atoms with van der Waals surface area (Å²) in [6.07, 6.45) is 3.12. The second-order valence-corrected chi connectivity index (χ2v) is 13.7. The van der Waals surface area contributed by atoms with Crippen molar-refractivity contribution in [2.45, 2.75) is 42.4 Å². The summed E-state index contributed by atoms with van der Waals surface area (Å²) >= 11 is 3.42. The number of hydrogen-bond donors (Lipinski definition) is 2. The van der Waals surface area contributed by atoms with Crippen LogP contribution < -0.4 is 5.32 Å². The number of nitrogens with one attached hydrogen (secondary N) is 1. The fraction of sp³-hybridized carbons (Fsp3) is 0.184. The van der Waals surface area contributed by atoms with E-state index in [0.717, 1.165) is 49.0 Å². The van der Waals surface area contributed by atoms with Gasteiger partial charge in [0.25, 0.3) is 5.91 Å². The largest absolute Gasteiger partial charge is 0.392 e. The monoisotopic (exact) mass is 659 g/mol. The van der Waals surface area contributed by atoms with Gasteiger partial charge in [0.2, 0.25) is 0 Å². The zero-order valence-corrected chi connectivity index (χ0v) is 27.1. The number of hydrogen-bond acceptors (Lipinski definition) is 8. The second kappa shape index (κ2) is 14.6. The smallest absolute Gasteiger partial charge is 0.253 e. The van der Waals surface area contributed by atoms with E-state index in [-0.39, 0.29) is 24.7 Å². The van der Waals surface area contributed by atoms with Crippen LogP contribution in [0, 0.1) is 0 Å². The molecule has 0 bridgehead atoms. The van der Waals surface area contributed by atoms with Gasteiger partial charge in [-0.1, -0.05) is 84.6 Å². The molecule has 0 aliphatic carbocycles. The SMILES string of the molecule is O=C(NCc1cccc(-c2cccc([C@H]3O[C@@H](CSc4nc5ccccc5s4)C[C@@H](c4ccc(CO)cc4)O3)c2)c1)c1cccnc1. The van der Waals surface area contributed by atoms with Gasteiger partial charge in [-0.2, -0.15) is 0 Å². The molecule has 0 radical (unpaired) electrons. The van der Waals surface area contributed by atoms with Crippen molar-refractivity contribution in [3.63, 3.8) is 0 Å². The van der Waals surface area contributed by atoms with Gasteiger partial charge in [-0.25, -0.2) is 4.98 Å². The first kappa shape index (κ1) is 31.2. The fourth-order valence-electron chi connectivity index (χ4n) is 5.61. The van der Waals surface area contributed by atoms with Crippen LogP contribution in [0.25, 0.3) is 21.3 Å². The number of fused-ring (bicyclic) bond motifs is 1. The Bertz CT molecular complexity index is 1930. The zero-order valence-electron chi connectivity index (χ0n) is 25.5. The third-order valence-corrected chi connectivity index (χ3v) is 10.4. The third kappa shape index (κ3) is 7.62. The highest BCUT2D eigenvalue weighted by molar-refractivity contribution is 8.01. The van der Waals surface area contributed by atoms with E-state index in [0.29, 0.717) is 18.5 Å². The predicted octanol–water partition coefficient (Wildman–Crippen LogP) is 8.12. The van der Waals surface area contributed by atoms with E-state index in [4.69, 9.17) is 14.5 Å². The number of nitrogens with zero attached hydrogens (tertiary/aromatic N) is 2. The number of rotatable bonds is 10. The number of carbonyl (C=O) groups excluding carboxylic acids is 1. The van der Waals surface area contributed by atoms with Crippen molar-refractivity contribution in [3.05, 3.63) is 149 Å². The lowest BCUT2D eigenvalue weighted by Crippen LogP contribution is -2.31. The second-order valence-electron chi connectivity index (χ2n) is 11.4. The molecule has 1 aliphatic heterocycles. The van der Waals surface area contributed by atoms with Gasteiger partial charge in [-0.3, -0.25) is 9.78 Å². The first-order valence-electron chi connectivity index (χ1n) is 15.5. The molecule has 0 unspecified atom stereocenters. The first-order chi connectivity index (χ1) is 23.1. The van der Waals surface area contributed by atoms with E-state index in [2.05, 4.69) is 40.6 Å². The van der Waals surface area contributed by atoms with E-state index in [1.54, 1.807) is 47.6 Å². The molecule has 0 spiro atoms. The molecule has 1 saturated heterocycles. The van der Waals surface area contributed by atoms with Gasteiger partial charge in [0.1, 0.15) is 0 Å². The molecule has 236 valence electrons. The maximum atomic E-state index is 12.6. The molecular formula is C38H33N3O4S2. The van der Waals surface area contributed by atoms with Crippen LogP contribution in [0.1, 0.15) is 51.4 Å². The van der Waals surface area contributed by atoms with E-state index >= 15 is 0 Å². The third-order valence-electron chi connectivity index (χ3n) is 8.08. The molecule has 2 N–H and O–H groups in total. The summed E-state index contributed by atoms with van der Waals surface area (Å²) in [6, 6.07) is 36.1. The van der Waals surface area contributed by atoms with Crippen molar-refractivity contribution in [2.75, 3.05) is 5.75 Å². The van der Waals surface area contributed by atoms with Crippen LogP contribution in [0.3, 0.4) is 0 Å². The molecule has 7 rings (SSSR count). The van der Waals surface area contributed by atoms with E-state index in [1.165, 1.54) is 4.70 Å². The van der Waals surface area contributed by atoms with Crippen LogP contribution >= 0.6 is 23.1 Å². The highest BCUT2D eigenvalue weighted by Crippen LogP contribution is 2.41. The molecule has 9 heteroatoms. The van der Waals surface area contributed by atoms with Crippen LogP contribution in [-0.4, -0.2) is 32.8 Å². The minimum absolute atomic E-state index is 0.00381. The Labute approximate surface area is 281 Å². The lowest BCUT2D eigenvalue weighted by Gasteiger charge is -2.36. The number of amides is 1. The highest BCUT2D eigenvalue weighted by atomic mass is 32.2.